The predicted octanol–water partition coefficient (Wildman–Crippen LogP) is 8.77. The molecular formula is C32H39P. The molecule has 0 amide bonds. The highest BCUT2D eigenvalue weighted by Gasteiger charge is 2.40. The molecule has 0 N–H and O–H groups in total. The second kappa shape index (κ2) is 8.56. The minimum absolute atomic E-state index is 0.111. The smallest absolute Gasteiger partial charge is 0.00519 e. The molecule has 1 aliphatic rings. The van der Waals surface area contributed by atoms with Gasteiger partial charge in [0.15, 0.2) is 0 Å². The monoisotopic (exact) mass is 454 g/mol. The summed E-state index contributed by atoms with van der Waals surface area (Å²) in [6.07, 6.45) is 1.21. The summed E-state index contributed by atoms with van der Waals surface area (Å²) in [5, 5.41) is 1.62. The van der Waals surface area contributed by atoms with E-state index < -0.39 is 7.92 Å². The van der Waals surface area contributed by atoms with Gasteiger partial charge in [0.25, 0.3) is 0 Å². The van der Waals surface area contributed by atoms with Gasteiger partial charge in [-0.1, -0.05) is 128 Å². The van der Waals surface area contributed by atoms with Crippen molar-refractivity contribution in [3.05, 3.63) is 106 Å². The summed E-state index contributed by atoms with van der Waals surface area (Å²) in [6, 6.07) is 26.9. The van der Waals surface area contributed by atoms with Gasteiger partial charge < -0.3 is 0 Å². The Bertz CT molecular complexity index is 1110. The van der Waals surface area contributed by atoms with Gasteiger partial charge in [-0.05, 0) is 74.8 Å². The number of rotatable bonds is 3. The molecule has 3 aromatic rings. The largest absolute Gasteiger partial charge is 0.0622 e. The molecule has 4 rings (SSSR count). The highest BCUT2D eigenvalue weighted by Crippen LogP contribution is 2.55. The lowest BCUT2D eigenvalue weighted by atomic mass is 9.75. The van der Waals surface area contributed by atoms with E-state index in [2.05, 4.69) is 134 Å². The Morgan fingerprint density at radius 2 is 1.27 bits per heavy atom. The Morgan fingerprint density at radius 3 is 1.73 bits per heavy atom. The molecule has 0 aliphatic carbocycles. The minimum atomic E-state index is -0.431. The Hall–Kier alpha value is -2.17. The summed E-state index contributed by atoms with van der Waals surface area (Å²) < 4.78 is 0. The molecule has 0 bridgehead atoms. The maximum Gasteiger partial charge on any atom is -0.00519 e. The van der Waals surface area contributed by atoms with Gasteiger partial charge >= 0.3 is 0 Å². The van der Waals surface area contributed by atoms with Crippen LogP contribution < -0.4 is 5.30 Å². The van der Waals surface area contributed by atoms with Gasteiger partial charge in [0.1, 0.15) is 0 Å². The van der Waals surface area contributed by atoms with Crippen LogP contribution in [-0.4, -0.2) is 6.16 Å². The van der Waals surface area contributed by atoms with E-state index in [-0.39, 0.29) is 16.2 Å². The first-order valence-electron chi connectivity index (χ1n) is 12.2. The van der Waals surface area contributed by atoms with Crippen LogP contribution in [0.15, 0.2) is 78.6 Å². The topological polar surface area (TPSA) is 0 Å². The van der Waals surface area contributed by atoms with Gasteiger partial charge in [0, 0.05) is 0 Å². The van der Waals surface area contributed by atoms with Crippen molar-refractivity contribution in [2.45, 2.75) is 71.6 Å². The molecule has 1 atom stereocenters. The second-order valence-corrected chi connectivity index (χ2v) is 14.2. The van der Waals surface area contributed by atoms with Gasteiger partial charge in [0.2, 0.25) is 0 Å². The van der Waals surface area contributed by atoms with Crippen molar-refractivity contribution in [2.24, 2.45) is 0 Å². The lowest BCUT2D eigenvalue weighted by molar-refractivity contribution is 0.560. The summed E-state index contributed by atoms with van der Waals surface area (Å²) in [7, 11) is -0.431. The van der Waals surface area contributed by atoms with Crippen LogP contribution in [0.5, 0.6) is 0 Å². The molecule has 0 radical (unpaired) electrons. The van der Waals surface area contributed by atoms with Crippen LogP contribution in [-0.2, 0) is 16.2 Å². The third kappa shape index (κ3) is 4.88. The van der Waals surface area contributed by atoms with E-state index >= 15 is 0 Å². The van der Waals surface area contributed by atoms with Crippen LogP contribution >= 0.6 is 7.92 Å². The van der Waals surface area contributed by atoms with Gasteiger partial charge in [-0.2, -0.15) is 0 Å². The Kier molecular flexibility index (Phi) is 6.22. The molecule has 1 heterocycles. The SMILES string of the molecule is CC(C)(C)c1cc(C(C)(C)C)c2c(c1)C(C)(C)CP2C=C(c1ccccc1)c1ccccc1. The molecule has 0 aromatic heterocycles. The number of hydrogen-bond acceptors (Lipinski definition) is 0. The lowest BCUT2D eigenvalue weighted by Gasteiger charge is -2.30. The molecule has 1 unspecified atom stereocenters. The molecule has 1 aliphatic heterocycles. The van der Waals surface area contributed by atoms with Crippen molar-refractivity contribution in [3.63, 3.8) is 0 Å². The fourth-order valence-electron chi connectivity index (χ4n) is 4.87. The molecular weight excluding hydrogens is 415 g/mol. The third-order valence-electron chi connectivity index (χ3n) is 6.82. The van der Waals surface area contributed by atoms with Crippen molar-refractivity contribution in [1.82, 2.24) is 0 Å². The van der Waals surface area contributed by atoms with Gasteiger partial charge in [-0.15, -0.1) is 0 Å². The molecule has 0 saturated carbocycles. The zero-order chi connectivity index (χ0) is 24.0. The number of benzene rings is 3. The summed E-state index contributed by atoms with van der Waals surface area (Å²) in [5.41, 5.74) is 8.99. The van der Waals surface area contributed by atoms with E-state index in [1.807, 2.05) is 0 Å². The zero-order valence-electron chi connectivity index (χ0n) is 21.7. The molecule has 33 heavy (non-hydrogen) atoms. The predicted molar refractivity (Wildman–Crippen MR) is 148 cm³/mol. The average Bonchev–Trinajstić information content (AvgIpc) is 3.01. The molecule has 0 nitrogen and oxygen atoms in total. The zero-order valence-corrected chi connectivity index (χ0v) is 22.6. The fraction of sp³-hybridized carbons (Fsp3) is 0.375. The van der Waals surface area contributed by atoms with Crippen LogP contribution in [0, 0.1) is 0 Å². The van der Waals surface area contributed by atoms with Crippen molar-refractivity contribution in [3.8, 4) is 0 Å². The Balaban J connectivity index is 1.97. The summed E-state index contributed by atoms with van der Waals surface area (Å²) in [4.78, 5) is 0. The summed E-state index contributed by atoms with van der Waals surface area (Å²) in [6.45, 7) is 19.1. The maximum atomic E-state index is 2.62. The Labute approximate surface area is 202 Å². The first-order valence-corrected chi connectivity index (χ1v) is 13.8. The molecule has 1 heteroatoms. The lowest BCUT2D eigenvalue weighted by Crippen LogP contribution is -2.27. The van der Waals surface area contributed by atoms with Crippen LogP contribution in [0.2, 0.25) is 0 Å². The summed E-state index contributed by atoms with van der Waals surface area (Å²) in [5.74, 6) is 2.62. The van der Waals surface area contributed by atoms with E-state index in [4.69, 9.17) is 0 Å². The standard InChI is InChI=1S/C32H39P/c1-30(2,3)25-19-27(31(4,5)6)29-28(20-25)32(7,8)22-33(29)21-26(23-15-11-9-12-16-23)24-17-13-10-14-18-24/h9-21H,22H2,1-8H3. The van der Waals surface area contributed by atoms with Gasteiger partial charge in [-0.3, -0.25) is 0 Å². The quantitative estimate of drug-likeness (QED) is 0.347. The van der Waals surface area contributed by atoms with Crippen molar-refractivity contribution in [1.29, 1.82) is 0 Å². The Morgan fingerprint density at radius 1 is 0.758 bits per heavy atom. The number of fused-ring (bicyclic) bond motifs is 1. The molecule has 0 fully saturated rings. The van der Waals surface area contributed by atoms with Crippen LogP contribution in [0.4, 0.5) is 0 Å². The highest BCUT2D eigenvalue weighted by molar-refractivity contribution is 7.69. The average molecular weight is 455 g/mol. The van der Waals surface area contributed by atoms with Crippen LogP contribution in [0.1, 0.15) is 83.2 Å². The molecule has 172 valence electrons. The number of hydrogen-bond donors (Lipinski definition) is 0. The minimum Gasteiger partial charge on any atom is -0.0622 e. The molecule has 3 aromatic carbocycles. The first-order chi connectivity index (χ1) is 15.4. The van der Waals surface area contributed by atoms with Crippen LogP contribution in [0.3, 0.4) is 0 Å². The highest BCUT2D eigenvalue weighted by atomic mass is 31.1. The first kappa shape index (κ1) is 24.0. The van der Waals surface area contributed by atoms with Crippen molar-refractivity contribution in [2.75, 3.05) is 6.16 Å². The second-order valence-electron chi connectivity index (χ2n) is 12.2. The molecule has 0 spiro atoms. The van der Waals surface area contributed by atoms with Crippen molar-refractivity contribution < 1.29 is 0 Å². The molecule has 0 saturated heterocycles. The fourth-order valence-corrected chi connectivity index (χ4v) is 8.27. The van der Waals surface area contributed by atoms with E-state index in [0.717, 1.165) is 0 Å². The van der Waals surface area contributed by atoms with Crippen molar-refractivity contribution >= 4 is 18.8 Å². The van der Waals surface area contributed by atoms with Gasteiger partial charge in [0.05, 0.1) is 0 Å². The summed E-state index contributed by atoms with van der Waals surface area (Å²) >= 11 is 0. The van der Waals surface area contributed by atoms with Crippen LogP contribution in [0.25, 0.3) is 5.57 Å². The van der Waals surface area contributed by atoms with E-state index in [1.54, 1.807) is 16.4 Å². The van der Waals surface area contributed by atoms with Gasteiger partial charge in [-0.25, -0.2) is 0 Å². The normalized spacial score (nSPS) is 17.5. The van der Waals surface area contributed by atoms with E-state index in [0.29, 0.717) is 0 Å². The maximum absolute atomic E-state index is 2.62. The third-order valence-corrected chi connectivity index (χ3v) is 9.58. The van der Waals surface area contributed by atoms with E-state index in [9.17, 15) is 0 Å². The van der Waals surface area contributed by atoms with E-state index in [1.165, 1.54) is 28.4 Å².